The summed E-state index contributed by atoms with van der Waals surface area (Å²) in [5.41, 5.74) is -0.918. The van der Waals surface area contributed by atoms with Crippen LogP contribution in [0.3, 0.4) is 0 Å². The molecule has 2 heterocycles. The van der Waals surface area contributed by atoms with Crippen molar-refractivity contribution in [3.8, 4) is 0 Å². The Bertz CT molecular complexity index is 696. The Kier molecular flexibility index (Phi) is 9.71. The minimum absolute atomic E-state index is 0. The third-order valence-electron chi connectivity index (χ3n) is 3.07. The number of aliphatic hydroxyl groups is 1. The normalized spacial score (nSPS) is 23.9. The van der Waals surface area contributed by atoms with Crippen LogP contribution in [0.5, 0.6) is 0 Å². The predicted molar refractivity (Wildman–Crippen MR) is 70.8 cm³/mol. The molecule has 2 rings (SSSR count). The maximum absolute atomic E-state index is 11.7. The van der Waals surface area contributed by atoms with E-state index in [0.717, 1.165) is 4.57 Å². The fourth-order valence-electron chi connectivity index (χ4n) is 2.01. The smallest absolute Gasteiger partial charge is 1.00 e. The molecule has 4 N–H and O–H groups in total. The summed E-state index contributed by atoms with van der Waals surface area (Å²) in [6.07, 6.45) is -1.57. The molecular formula is C10H17N2Na2O8P. The van der Waals surface area contributed by atoms with E-state index in [0.29, 0.717) is 5.56 Å². The Morgan fingerprint density at radius 2 is 2.09 bits per heavy atom. The fraction of sp³-hybridized carbons (Fsp3) is 0.600. The number of aromatic nitrogens is 2. The maximum atomic E-state index is 11.7. The first-order valence-electron chi connectivity index (χ1n) is 6.03. The van der Waals surface area contributed by atoms with Crippen LogP contribution in [-0.2, 0) is 13.8 Å². The summed E-state index contributed by atoms with van der Waals surface area (Å²) in [4.78, 5) is 42.3. The minimum atomic E-state index is -4.67. The van der Waals surface area contributed by atoms with Crippen molar-refractivity contribution in [3.05, 3.63) is 32.6 Å². The van der Waals surface area contributed by atoms with E-state index in [2.05, 4.69) is 9.51 Å². The number of phosphoric acid groups is 1. The number of aromatic amines is 1. The van der Waals surface area contributed by atoms with Crippen molar-refractivity contribution in [2.75, 3.05) is 6.61 Å². The quantitative estimate of drug-likeness (QED) is 0.302. The zero-order chi connectivity index (χ0) is 15.8. The van der Waals surface area contributed by atoms with E-state index >= 15 is 0 Å². The number of aryl methyl sites for hydroxylation is 1. The van der Waals surface area contributed by atoms with Gasteiger partial charge in [0, 0.05) is 18.2 Å². The zero-order valence-corrected chi connectivity index (χ0v) is 17.9. The maximum Gasteiger partial charge on any atom is 1.00 e. The summed E-state index contributed by atoms with van der Waals surface area (Å²) in [5.74, 6) is 0. The van der Waals surface area contributed by atoms with Crippen LogP contribution >= 0.6 is 7.82 Å². The van der Waals surface area contributed by atoms with Crippen LogP contribution < -0.4 is 70.4 Å². The average molecular weight is 370 g/mol. The van der Waals surface area contributed by atoms with Gasteiger partial charge in [0.2, 0.25) is 0 Å². The molecule has 1 aromatic heterocycles. The van der Waals surface area contributed by atoms with E-state index in [9.17, 15) is 19.3 Å². The van der Waals surface area contributed by atoms with Gasteiger partial charge >= 0.3 is 72.6 Å². The monoisotopic (exact) mass is 370 g/mol. The van der Waals surface area contributed by atoms with Crippen LogP contribution in [0.1, 0.15) is 21.1 Å². The van der Waals surface area contributed by atoms with Crippen molar-refractivity contribution in [2.45, 2.75) is 31.8 Å². The first kappa shape index (κ1) is 23.7. The number of aliphatic hydroxyl groups excluding tert-OH is 1. The molecule has 1 aliphatic rings. The van der Waals surface area contributed by atoms with E-state index < -0.39 is 44.1 Å². The molecule has 0 bridgehead atoms. The Balaban J connectivity index is -0.00000121. The molecule has 10 nitrogen and oxygen atoms in total. The molecule has 0 amide bonds. The molecule has 3 atom stereocenters. The average Bonchev–Trinajstić information content (AvgIpc) is 2.72. The third kappa shape index (κ3) is 6.50. The van der Waals surface area contributed by atoms with Gasteiger partial charge in [-0.05, 0) is 6.92 Å². The number of rotatable bonds is 4. The van der Waals surface area contributed by atoms with Crippen LogP contribution in [0.4, 0.5) is 0 Å². The fourth-order valence-corrected chi connectivity index (χ4v) is 2.35. The van der Waals surface area contributed by atoms with Crippen molar-refractivity contribution in [1.29, 1.82) is 0 Å². The number of ether oxygens (including phenoxy) is 1. The summed E-state index contributed by atoms with van der Waals surface area (Å²) < 4.78 is 21.4. The van der Waals surface area contributed by atoms with E-state index in [1.165, 1.54) is 13.1 Å². The number of nitrogens with one attached hydrogen (secondary N) is 1. The summed E-state index contributed by atoms with van der Waals surface area (Å²) in [7, 11) is -4.67. The third-order valence-corrected chi connectivity index (χ3v) is 3.55. The van der Waals surface area contributed by atoms with Gasteiger partial charge in [-0.3, -0.25) is 18.9 Å². The molecular weight excluding hydrogens is 353 g/mol. The Morgan fingerprint density at radius 1 is 1.48 bits per heavy atom. The molecule has 0 radical (unpaired) electrons. The Hall–Kier alpha value is 0.710. The largest absolute Gasteiger partial charge is 1.00 e. The van der Waals surface area contributed by atoms with E-state index in [1.807, 2.05) is 0 Å². The molecule has 1 saturated heterocycles. The van der Waals surface area contributed by atoms with Gasteiger partial charge in [-0.2, -0.15) is 0 Å². The first-order valence-corrected chi connectivity index (χ1v) is 7.56. The molecule has 1 aliphatic heterocycles. The number of H-pyrrole nitrogens is 1. The van der Waals surface area contributed by atoms with E-state index in [4.69, 9.17) is 14.5 Å². The predicted octanol–water partition coefficient (Wildman–Crippen LogP) is -7.16. The number of nitrogens with zero attached hydrogens (tertiary/aromatic N) is 1. The molecule has 122 valence electrons. The second kappa shape index (κ2) is 9.42. The van der Waals surface area contributed by atoms with Gasteiger partial charge in [-0.1, -0.05) is 0 Å². The van der Waals surface area contributed by atoms with Gasteiger partial charge in [0.05, 0.1) is 12.7 Å². The van der Waals surface area contributed by atoms with Gasteiger partial charge in [0.1, 0.15) is 12.3 Å². The summed E-state index contributed by atoms with van der Waals surface area (Å²) in [6.45, 7) is 0.994. The van der Waals surface area contributed by atoms with Crippen LogP contribution in [0.2, 0.25) is 0 Å². The molecule has 1 aromatic rings. The zero-order valence-electron chi connectivity index (χ0n) is 15.0. The Labute approximate surface area is 178 Å². The summed E-state index contributed by atoms with van der Waals surface area (Å²) in [6, 6.07) is 0. The van der Waals surface area contributed by atoms with Gasteiger partial charge in [0.25, 0.3) is 5.56 Å². The summed E-state index contributed by atoms with van der Waals surface area (Å²) in [5, 5.41) is 9.79. The molecule has 0 unspecified atom stereocenters. The van der Waals surface area contributed by atoms with Crippen molar-refractivity contribution < 1.29 is 90.7 Å². The molecule has 0 spiro atoms. The van der Waals surface area contributed by atoms with Crippen molar-refractivity contribution in [3.63, 3.8) is 0 Å². The van der Waals surface area contributed by atoms with E-state index in [1.54, 1.807) is 0 Å². The van der Waals surface area contributed by atoms with Crippen LogP contribution in [0.25, 0.3) is 0 Å². The number of hydrogen-bond donors (Lipinski definition) is 4. The standard InChI is InChI=1S/C10H15N2O8P.2Na.2H/c1-5-3-12(10(15)11-9(5)14)8-2-6(13)7(20-8)4-19-21(16,17)18;;;;/h3,6-8,13H,2,4H2,1H3,(H,11,14,15)(H2,16,17,18);;;;/q;2*+1;2*-1/t6-,7+,8+;;;;/m0..../s1. The van der Waals surface area contributed by atoms with Gasteiger partial charge < -0.3 is 22.5 Å². The second-order valence-corrected chi connectivity index (χ2v) is 5.94. The minimum Gasteiger partial charge on any atom is -1.00 e. The first-order chi connectivity index (χ1) is 9.67. The molecule has 23 heavy (non-hydrogen) atoms. The van der Waals surface area contributed by atoms with Crippen molar-refractivity contribution in [2.24, 2.45) is 0 Å². The summed E-state index contributed by atoms with van der Waals surface area (Å²) >= 11 is 0. The van der Waals surface area contributed by atoms with Gasteiger partial charge in [0.15, 0.2) is 0 Å². The van der Waals surface area contributed by atoms with Crippen LogP contribution in [0.15, 0.2) is 15.8 Å². The second-order valence-electron chi connectivity index (χ2n) is 4.70. The SMILES string of the molecule is Cc1cn([C@H]2C[C@H](O)[C@@H](COP(=O)(O)O)O2)c(=O)[nH]c1=O.[H-].[H-].[Na+].[Na+]. The van der Waals surface area contributed by atoms with Crippen LogP contribution in [0, 0.1) is 6.92 Å². The molecule has 0 aromatic carbocycles. The Morgan fingerprint density at radius 3 is 2.65 bits per heavy atom. The molecule has 0 saturated carbocycles. The van der Waals surface area contributed by atoms with Crippen LogP contribution in [-0.4, -0.2) is 43.3 Å². The van der Waals surface area contributed by atoms with Crippen molar-refractivity contribution >= 4 is 7.82 Å². The molecule has 13 heteroatoms. The van der Waals surface area contributed by atoms with Gasteiger partial charge in [-0.15, -0.1) is 0 Å². The molecule has 0 aliphatic carbocycles. The topological polar surface area (TPSA) is 151 Å². The molecule has 1 fully saturated rings. The van der Waals surface area contributed by atoms with Gasteiger partial charge in [-0.25, -0.2) is 9.36 Å². The number of phosphoric ester groups is 1. The number of hydrogen-bond acceptors (Lipinski definition) is 6. The van der Waals surface area contributed by atoms with E-state index in [-0.39, 0.29) is 68.4 Å². The van der Waals surface area contributed by atoms with Crippen molar-refractivity contribution in [1.82, 2.24) is 9.55 Å².